The zero-order valence-electron chi connectivity index (χ0n) is 9.78. The SMILES string of the molecule is CS(=O)(=O)c1ccc(O)c(-c2cc(C(=O)O)[nH]n2)c1. The Morgan fingerprint density at radius 1 is 1.32 bits per heavy atom. The number of aromatic nitrogens is 2. The Morgan fingerprint density at radius 2 is 2.00 bits per heavy atom. The van der Waals surface area contributed by atoms with Crippen molar-refractivity contribution >= 4 is 15.8 Å². The van der Waals surface area contributed by atoms with Gasteiger partial charge in [0.15, 0.2) is 9.84 Å². The number of aromatic hydroxyl groups is 1. The van der Waals surface area contributed by atoms with Gasteiger partial charge in [0.05, 0.1) is 10.6 Å². The van der Waals surface area contributed by atoms with Gasteiger partial charge in [0.1, 0.15) is 11.4 Å². The molecule has 1 aromatic carbocycles. The molecule has 3 N–H and O–H groups in total. The lowest BCUT2D eigenvalue weighted by Crippen LogP contribution is -1.97. The second-order valence-corrected chi connectivity index (χ2v) is 5.94. The van der Waals surface area contributed by atoms with Crippen molar-refractivity contribution in [3.63, 3.8) is 0 Å². The number of carbonyl (C=O) groups is 1. The Bertz CT molecular complexity index is 748. The average molecular weight is 282 g/mol. The van der Waals surface area contributed by atoms with Gasteiger partial charge in [-0.3, -0.25) is 5.10 Å². The van der Waals surface area contributed by atoms with E-state index < -0.39 is 15.8 Å². The van der Waals surface area contributed by atoms with Gasteiger partial charge in [0.2, 0.25) is 0 Å². The maximum atomic E-state index is 11.4. The maximum Gasteiger partial charge on any atom is 0.353 e. The van der Waals surface area contributed by atoms with Crippen molar-refractivity contribution in [3.05, 3.63) is 30.0 Å². The molecule has 2 rings (SSSR count). The molecule has 0 unspecified atom stereocenters. The number of aromatic carboxylic acids is 1. The number of hydrogen-bond donors (Lipinski definition) is 3. The van der Waals surface area contributed by atoms with Crippen LogP contribution in [-0.2, 0) is 9.84 Å². The molecule has 2 aromatic rings. The van der Waals surface area contributed by atoms with E-state index in [1.54, 1.807) is 0 Å². The fourth-order valence-corrected chi connectivity index (χ4v) is 2.17. The Hall–Kier alpha value is -2.35. The van der Waals surface area contributed by atoms with Crippen LogP contribution in [0.2, 0.25) is 0 Å². The van der Waals surface area contributed by atoms with E-state index in [1.165, 1.54) is 24.3 Å². The molecule has 1 heterocycles. The topological polar surface area (TPSA) is 120 Å². The molecule has 7 nitrogen and oxygen atoms in total. The van der Waals surface area contributed by atoms with Gasteiger partial charge in [0, 0.05) is 11.8 Å². The van der Waals surface area contributed by atoms with E-state index in [-0.39, 0.29) is 27.6 Å². The van der Waals surface area contributed by atoms with Gasteiger partial charge in [-0.15, -0.1) is 0 Å². The number of aromatic amines is 1. The Labute approximate surface area is 108 Å². The van der Waals surface area contributed by atoms with Crippen molar-refractivity contribution in [2.75, 3.05) is 6.26 Å². The standard InChI is InChI=1S/C11H10N2O5S/c1-19(17,18)6-2-3-10(14)7(4-6)8-5-9(11(15)16)13-12-8/h2-5,14H,1H3,(H,12,13)(H,15,16). The number of carboxylic acid groups (broad SMARTS) is 1. The van der Waals surface area contributed by atoms with Crippen LogP contribution in [0.1, 0.15) is 10.5 Å². The number of nitrogens with one attached hydrogen (secondary N) is 1. The molecular weight excluding hydrogens is 272 g/mol. The summed E-state index contributed by atoms with van der Waals surface area (Å²) in [6.07, 6.45) is 1.04. The molecule has 1 aromatic heterocycles. The number of phenols is 1. The molecule has 19 heavy (non-hydrogen) atoms. The minimum atomic E-state index is -3.43. The summed E-state index contributed by atoms with van der Waals surface area (Å²) >= 11 is 0. The summed E-state index contributed by atoms with van der Waals surface area (Å²) in [4.78, 5) is 10.7. The van der Waals surface area contributed by atoms with Gasteiger partial charge in [-0.1, -0.05) is 0 Å². The van der Waals surface area contributed by atoms with Crippen molar-refractivity contribution in [2.45, 2.75) is 4.90 Å². The summed E-state index contributed by atoms with van der Waals surface area (Å²) < 4.78 is 22.9. The molecule has 0 aliphatic heterocycles. The second kappa shape index (κ2) is 4.39. The lowest BCUT2D eigenvalue weighted by atomic mass is 10.1. The first kappa shape index (κ1) is 13.1. The van der Waals surface area contributed by atoms with Gasteiger partial charge < -0.3 is 10.2 Å². The highest BCUT2D eigenvalue weighted by Gasteiger charge is 2.15. The molecule has 0 saturated carbocycles. The normalized spacial score (nSPS) is 11.4. The van der Waals surface area contributed by atoms with E-state index in [0.29, 0.717) is 0 Å². The molecule has 0 aliphatic carbocycles. The third-order valence-electron chi connectivity index (χ3n) is 2.48. The summed E-state index contributed by atoms with van der Waals surface area (Å²) in [6.45, 7) is 0. The third-order valence-corrected chi connectivity index (χ3v) is 3.59. The predicted molar refractivity (Wildman–Crippen MR) is 65.8 cm³/mol. The molecule has 0 radical (unpaired) electrons. The fraction of sp³-hybridized carbons (Fsp3) is 0.0909. The van der Waals surface area contributed by atoms with Crippen molar-refractivity contribution in [2.24, 2.45) is 0 Å². The first-order valence-electron chi connectivity index (χ1n) is 5.11. The van der Waals surface area contributed by atoms with Crippen LogP contribution in [0.25, 0.3) is 11.3 Å². The van der Waals surface area contributed by atoms with Crippen LogP contribution in [0.15, 0.2) is 29.2 Å². The van der Waals surface area contributed by atoms with E-state index in [2.05, 4.69) is 10.2 Å². The van der Waals surface area contributed by atoms with Gasteiger partial charge in [-0.25, -0.2) is 13.2 Å². The van der Waals surface area contributed by atoms with Crippen LogP contribution in [-0.4, -0.2) is 41.1 Å². The fourth-order valence-electron chi connectivity index (χ4n) is 1.52. The summed E-state index contributed by atoms with van der Waals surface area (Å²) in [5.41, 5.74) is 0.145. The number of sulfone groups is 1. The van der Waals surface area contributed by atoms with Crippen LogP contribution in [0.4, 0.5) is 0 Å². The number of benzene rings is 1. The van der Waals surface area contributed by atoms with E-state index in [1.807, 2.05) is 0 Å². The van der Waals surface area contributed by atoms with Gasteiger partial charge in [0.25, 0.3) is 0 Å². The second-order valence-electron chi connectivity index (χ2n) is 3.92. The molecular formula is C11H10N2O5S. The number of rotatable bonds is 3. The largest absolute Gasteiger partial charge is 0.507 e. The molecule has 0 spiro atoms. The lowest BCUT2D eigenvalue weighted by Gasteiger charge is -2.04. The van der Waals surface area contributed by atoms with Crippen LogP contribution in [0, 0.1) is 0 Å². The highest BCUT2D eigenvalue weighted by Crippen LogP contribution is 2.30. The van der Waals surface area contributed by atoms with Gasteiger partial charge >= 0.3 is 5.97 Å². The number of carboxylic acids is 1. The molecule has 0 saturated heterocycles. The first-order valence-corrected chi connectivity index (χ1v) is 7.00. The monoisotopic (exact) mass is 282 g/mol. The number of nitrogens with zero attached hydrogens (tertiary/aromatic N) is 1. The molecule has 0 amide bonds. The molecule has 100 valence electrons. The number of phenolic OH excluding ortho intramolecular Hbond substituents is 1. The number of H-pyrrole nitrogens is 1. The molecule has 0 atom stereocenters. The van der Waals surface area contributed by atoms with Gasteiger partial charge in [-0.2, -0.15) is 5.10 Å². The van der Waals surface area contributed by atoms with Crippen LogP contribution >= 0.6 is 0 Å². The Balaban J connectivity index is 2.57. The van der Waals surface area contributed by atoms with Crippen molar-refractivity contribution < 1.29 is 23.4 Å². The zero-order chi connectivity index (χ0) is 14.2. The quantitative estimate of drug-likeness (QED) is 0.768. The van der Waals surface area contributed by atoms with Crippen molar-refractivity contribution in [1.29, 1.82) is 0 Å². The summed E-state index contributed by atoms with van der Waals surface area (Å²) in [6, 6.07) is 4.94. The van der Waals surface area contributed by atoms with E-state index >= 15 is 0 Å². The molecule has 0 fully saturated rings. The number of hydrogen-bond acceptors (Lipinski definition) is 5. The van der Waals surface area contributed by atoms with E-state index in [0.717, 1.165) is 6.26 Å². The highest BCUT2D eigenvalue weighted by atomic mass is 32.2. The summed E-state index contributed by atoms with van der Waals surface area (Å²) in [5, 5.41) is 24.5. The predicted octanol–water partition coefficient (Wildman–Crippen LogP) is 0.884. The molecule has 0 bridgehead atoms. The maximum absolute atomic E-state index is 11.4. The van der Waals surface area contributed by atoms with Crippen LogP contribution in [0.5, 0.6) is 5.75 Å². The van der Waals surface area contributed by atoms with Crippen LogP contribution in [0.3, 0.4) is 0 Å². The third kappa shape index (κ3) is 2.58. The van der Waals surface area contributed by atoms with Gasteiger partial charge in [-0.05, 0) is 24.3 Å². The summed E-state index contributed by atoms with van der Waals surface area (Å²) in [7, 11) is -3.43. The average Bonchev–Trinajstić information content (AvgIpc) is 2.77. The minimum Gasteiger partial charge on any atom is -0.507 e. The van der Waals surface area contributed by atoms with Crippen LogP contribution < -0.4 is 0 Å². The Morgan fingerprint density at radius 3 is 2.53 bits per heavy atom. The van der Waals surface area contributed by atoms with E-state index in [9.17, 15) is 18.3 Å². The lowest BCUT2D eigenvalue weighted by molar-refractivity contribution is 0.0690. The first-order chi connectivity index (χ1) is 8.79. The Kier molecular flexibility index (Phi) is 3.03. The highest BCUT2D eigenvalue weighted by molar-refractivity contribution is 7.90. The molecule has 8 heteroatoms. The smallest absolute Gasteiger partial charge is 0.353 e. The van der Waals surface area contributed by atoms with E-state index in [4.69, 9.17) is 5.11 Å². The van der Waals surface area contributed by atoms with Crippen molar-refractivity contribution in [1.82, 2.24) is 10.2 Å². The summed E-state index contributed by atoms with van der Waals surface area (Å²) in [5.74, 6) is -1.38. The zero-order valence-corrected chi connectivity index (χ0v) is 10.6. The van der Waals surface area contributed by atoms with Crippen molar-refractivity contribution in [3.8, 4) is 17.0 Å². The minimum absolute atomic E-state index is 0.0141. The molecule has 0 aliphatic rings.